The Morgan fingerprint density at radius 2 is 2.19 bits per heavy atom. The third kappa shape index (κ3) is 2.01. The van der Waals surface area contributed by atoms with Crippen molar-refractivity contribution in [3.05, 3.63) is 24.0 Å². The Bertz CT molecular complexity index is 386. The number of nitrogens with two attached hydrogens (primary N) is 1. The zero-order valence-electron chi connectivity index (χ0n) is 9.52. The van der Waals surface area contributed by atoms with Crippen molar-refractivity contribution in [1.29, 1.82) is 0 Å². The predicted octanol–water partition coefficient (Wildman–Crippen LogP) is 1.68. The van der Waals surface area contributed by atoms with Crippen LogP contribution in [0.5, 0.6) is 0 Å². The maximum atomic E-state index is 12.1. The fraction of sp³-hybridized carbons (Fsp3) is 0.500. The molecule has 4 nitrogen and oxygen atoms in total. The molecular formula is C12H17N3O. The van der Waals surface area contributed by atoms with Gasteiger partial charge in [-0.3, -0.25) is 4.79 Å². The number of aromatic nitrogens is 1. The Hall–Kier alpha value is -1.58. The first-order valence-corrected chi connectivity index (χ1v) is 5.68. The number of carbonyl (C=O) groups is 1. The molecule has 1 fully saturated rings. The van der Waals surface area contributed by atoms with E-state index < -0.39 is 0 Å². The first-order chi connectivity index (χ1) is 7.70. The highest BCUT2D eigenvalue weighted by Crippen LogP contribution is 2.24. The summed E-state index contributed by atoms with van der Waals surface area (Å²) in [5, 5.41) is 0. The van der Waals surface area contributed by atoms with Gasteiger partial charge in [0, 0.05) is 19.3 Å². The molecule has 0 radical (unpaired) electrons. The largest absolute Gasteiger partial charge is 0.397 e. The van der Waals surface area contributed by atoms with E-state index >= 15 is 0 Å². The Labute approximate surface area is 95.5 Å². The smallest absolute Gasteiger partial charge is 0.274 e. The zero-order chi connectivity index (χ0) is 11.5. The molecule has 1 amide bonds. The molecule has 1 aliphatic rings. The molecule has 0 atom stereocenters. The molecular weight excluding hydrogens is 202 g/mol. The van der Waals surface area contributed by atoms with Gasteiger partial charge in [0.15, 0.2) is 5.69 Å². The van der Waals surface area contributed by atoms with Crippen LogP contribution >= 0.6 is 0 Å². The summed E-state index contributed by atoms with van der Waals surface area (Å²) in [5.74, 6) is -0.0648. The van der Waals surface area contributed by atoms with Crippen molar-refractivity contribution in [3.8, 4) is 0 Å². The zero-order valence-corrected chi connectivity index (χ0v) is 9.52. The molecule has 0 unspecified atom stereocenters. The summed E-state index contributed by atoms with van der Waals surface area (Å²) in [7, 11) is 1.84. The van der Waals surface area contributed by atoms with Crippen LogP contribution in [0.2, 0.25) is 0 Å². The maximum Gasteiger partial charge on any atom is 0.274 e. The average Bonchev–Trinajstić information content (AvgIpc) is 2.81. The summed E-state index contributed by atoms with van der Waals surface area (Å²) in [5.41, 5.74) is 6.58. The van der Waals surface area contributed by atoms with Crippen molar-refractivity contribution in [3.63, 3.8) is 0 Å². The standard InChI is InChI=1S/C12H17N3O/c1-15(9-5-2-3-6-9)12(16)11-10(13)7-4-8-14-11/h4,7-9H,2-3,5-6,13H2,1H3. The van der Waals surface area contributed by atoms with Crippen LogP contribution in [0.15, 0.2) is 18.3 Å². The van der Waals surface area contributed by atoms with Crippen LogP contribution in [0.3, 0.4) is 0 Å². The highest BCUT2D eigenvalue weighted by atomic mass is 16.2. The molecule has 0 aromatic carbocycles. The average molecular weight is 219 g/mol. The number of rotatable bonds is 2. The van der Waals surface area contributed by atoms with E-state index in [1.807, 2.05) is 7.05 Å². The molecule has 1 saturated carbocycles. The van der Waals surface area contributed by atoms with Gasteiger partial charge in [0.1, 0.15) is 0 Å². The molecule has 0 spiro atoms. The molecule has 1 aliphatic carbocycles. The molecule has 1 aromatic heterocycles. The third-order valence-electron chi connectivity index (χ3n) is 3.23. The Morgan fingerprint density at radius 3 is 2.81 bits per heavy atom. The molecule has 1 heterocycles. The highest BCUT2D eigenvalue weighted by Gasteiger charge is 2.25. The van der Waals surface area contributed by atoms with Gasteiger partial charge in [0.25, 0.3) is 5.91 Å². The van der Waals surface area contributed by atoms with Crippen molar-refractivity contribution in [2.24, 2.45) is 0 Å². The number of pyridine rings is 1. The van der Waals surface area contributed by atoms with Crippen LogP contribution in [-0.2, 0) is 0 Å². The minimum Gasteiger partial charge on any atom is -0.397 e. The lowest BCUT2D eigenvalue weighted by molar-refractivity contribution is 0.0730. The molecule has 0 aliphatic heterocycles. The summed E-state index contributed by atoms with van der Waals surface area (Å²) < 4.78 is 0. The fourth-order valence-corrected chi connectivity index (χ4v) is 2.22. The lowest BCUT2D eigenvalue weighted by Gasteiger charge is -2.24. The van der Waals surface area contributed by atoms with Crippen LogP contribution in [0.25, 0.3) is 0 Å². The number of nitrogen functional groups attached to an aromatic ring is 1. The molecule has 2 N–H and O–H groups in total. The second kappa shape index (κ2) is 4.51. The van der Waals surface area contributed by atoms with Gasteiger partial charge in [-0.2, -0.15) is 0 Å². The Kier molecular flexibility index (Phi) is 3.08. The third-order valence-corrected chi connectivity index (χ3v) is 3.23. The number of hydrogen-bond donors (Lipinski definition) is 1. The summed E-state index contributed by atoms with van der Waals surface area (Å²) in [6, 6.07) is 3.80. The molecule has 1 aromatic rings. The van der Waals surface area contributed by atoms with Crippen molar-refractivity contribution in [2.45, 2.75) is 31.7 Å². The summed E-state index contributed by atoms with van der Waals surface area (Å²) in [4.78, 5) is 18.0. The summed E-state index contributed by atoms with van der Waals surface area (Å²) in [6.07, 6.45) is 6.20. The van der Waals surface area contributed by atoms with Gasteiger partial charge in [-0.1, -0.05) is 12.8 Å². The topological polar surface area (TPSA) is 59.2 Å². The van der Waals surface area contributed by atoms with Crippen molar-refractivity contribution >= 4 is 11.6 Å². The van der Waals surface area contributed by atoms with E-state index in [1.165, 1.54) is 12.8 Å². The minimum absolute atomic E-state index is 0.0648. The molecule has 2 rings (SSSR count). The fourth-order valence-electron chi connectivity index (χ4n) is 2.22. The van der Waals surface area contributed by atoms with Crippen molar-refractivity contribution < 1.29 is 4.79 Å². The van der Waals surface area contributed by atoms with Crippen LogP contribution in [0.1, 0.15) is 36.2 Å². The lowest BCUT2D eigenvalue weighted by atomic mass is 10.2. The van der Waals surface area contributed by atoms with Crippen LogP contribution in [0, 0.1) is 0 Å². The minimum atomic E-state index is -0.0648. The Balaban J connectivity index is 2.15. The number of carbonyl (C=O) groups excluding carboxylic acids is 1. The molecule has 0 saturated heterocycles. The summed E-state index contributed by atoms with van der Waals surface area (Å²) >= 11 is 0. The van der Waals surface area contributed by atoms with Gasteiger partial charge in [-0.25, -0.2) is 4.98 Å². The first-order valence-electron chi connectivity index (χ1n) is 5.68. The van der Waals surface area contributed by atoms with Crippen molar-refractivity contribution in [2.75, 3.05) is 12.8 Å². The number of amides is 1. The van der Waals surface area contributed by atoms with Crippen molar-refractivity contribution in [1.82, 2.24) is 9.88 Å². The van der Waals surface area contributed by atoms with Gasteiger partial charge in [0.2, 0.25) is 0 Å². The highest BCUT2D eigenvalue weighted by molar-refractivity contribution is 5.97. The van der Waals surface area contributed by atoms with E-state index in [4.69, 9.17) is 5.73 Å². The van der Waals surface area contributed by atoms with E-state index in [9.17, 15) is 4.79 Å². The number of nitrogens with zero attached hydrogens (tertiary/aromatic N) is 2. The van der Waals surface area contributed by atoms with Crippen LogP contribution in [-0.4, -0.2) is 28.9 Å². The molecule has 0 bridgehead atoms. The quantitative estimate of drug-likeness (QED) is 0.823. The van der Waals surface area contributed by atoms with Gasteiger partial charge in [-0.05, 0) is 25.0 Å². The van der Waals surface area contributed by atoms with Gasteiger partial charge in [0.05, 0.1) is 5.69 Å². The number of hydrogen-bond acceptors (Lipinski definition) is 3. The lowest BCUT2D eigenvalue weighted by Crippen LogP contribution is -2.36. The van der Waals surface area contributed by atoms with E-state index in [1.54, 1.807) is 23.2 Å². The van der Waals surface area contributed by atoms with Gasteiger partial charge < -0.3 is 10.6 Å². The molecule has 86 valence electrons. The monoisotopic (exact) mass is 219 g/mol. The maximum absolute atomic E-state index is 12.1. The first kappa shape index (κ1) is 10.9. The van der Waals surface area contributed by atoms with Gasteiger partial charge >= 0.3 is 0 Å². The van der Waals surface area contributed by atoms with Crippen LogP contribution < -0.4 is 5.73 Å². The van der Waals surface area contributed by atoms with Gasteiger partial charge in [-0.15, -0.1) is 0 Å². The van der Waals surface area contributed by atoms with E-state index in [0.717, 1.165) is 12.8 Å². The van der Waals surface area contributed by atoms with E-state index in [0.29, 0.717) is 17.4 Å². The van der Waals surface area contributed by atoms with E-state index in [2.05, 4.69) is 4.98 Å². The SMILES string of the molecule is CN(C(=O)c1ncccc1N)C1CCCC1. The van der Waals surface area contributed by atoms with Crippen LogP contribution in [0.4, 0.5) is 5.69 Å². The molecule has 4 heteroatoms. The Morgan fingerprint density at radius 1 is 1.50 bits per heavy atom. The normalized spacial score (nSPS) is 16.3. The number of anilines is 1. The predicted molar refractivity (Wildman–Crippen MR) is 63.0 cm³/mol. The molecule has 16 heavy (non-hydrogen) atoms. The van der Waals surface area contributed by atoms with E-state index in [-0.39, 0.29) is 5.91 Å². The second-order valence-corrected chi connectivity index (χ2v) is 4.30. The summed E-state index contributed by atoms with van der Waals surface area (Å²) in [6.45, 7) is 0. The second-order valence-electron chi connectivity index (χ2n) is 4.30.